The molecule has 0 aliphatic carbocycles. The van der Waals surface area contributed by atoms with Crippen LogP contribution in [-0.2, 0) is 0 Å². The molecule has 2 heteroatoms. The van der Waals surface area contributed by atoms with Crippen LogP contribution in [0.5, 0.6) is 0 Å². The number of rotatable bonds is 4. The quantitative estimate of drug-likeness (QED) is 0.485. The molecular formula is C21H18N2. The average molecular weight is 298 g/mol. The Labute approximate surface area is 136 Å². The number of aryl methyl sites for hydroxylation is 1. The van der Waals surface area contributed by atoms with Crippen molar-refractivity contribution in [3.63, 3.8) is 0 Å². The summed E-state index contributed by atoms with van der Waals surface area (Å²) in [4.78, 5) is 0. The van der Waals surface area contributed by atoms with Crippen LogP contribution in [-0.4, -0.2) is 11.9 Å². The van der Waals surface area contributed by atoms with Crippen LogP contribution in [0.4, 0.5) is 0 Å². The van der Waals surface area contributed by atoms with Crippen molar-refractivity contribution in [1.29, 1.82) is 0 Å². The van der Waals surface area contributed by atoms with Gasteiger partial charge in [-0.25, -0.2) is 0 Å². The Morgan fingerprint density at radius 1 is 0.739 bits per heavy atom. The fourth-order valence-corrected chi connectivity index (χ4v) is 2.38. The molecule has 23 heavy (non-hydrogen) atoms. The van der Waals surface area contributed by atoms with Crippen molar-refractivity contribution in [1.82, 2.24) is 0 Å². The van der Waals surface area contributed by atoms with E-state index < -0.39 is 0 Å². The standard InChI is InChI=1S/C21H18N2/c1-17-9-8-10-18(15-17)16-22-23-21(19-11-4-2-5-12-19)20-13-6-3-7-14-20/h2-16H,1H3. The summed E-state index contributed by atoms with van der Waals surface area (Å²) >= 11 is 0. The van der Waals surface area contributed by atoms with E-state index in [0.717, 1.165) is 22.4 Å². The Hall–Kier alpha value is -3.00. The molecule has 2 nitrogen and oxygen atoms in total. The van der Waals surface area contributed by atoms with E-state index in [9.17, 15) is 0 Å². The van der Waals surface area contributed by atoms with Gasteiger partial charge in [0.25, 0.3) is 0 Å². The summed E-state index contributed by atoms with van der Waals surface area (Å²) in [6.45, 7) is 2.07. The molecule has 0 saturated heterocycles. The Bertz CT molecular complexity index is 777. The average Bonchev–Trinajstić information content (AvgIpc) is 2.60. The largest absolute Gasteiger partial charge is 0.158 e. The van der Waals surface area contributed by atoms with Crippen LogP contribution >= 0.6 is 0 Å². The van der Waals surface area contributed by atoms with Crippen molar-refractivity contribution in [2.45, 2.75) is 6.92 Å². The fourth-order valence-electron chi connectivity index (χ4n) is 2.38. The summed E-state index contributed by atoms with van der Waals surface area (Å²) in [6.07, 6.45) is 1.79. The maximum atomic E-state index is 4.48. The molecule has 0 radical (unpaired) electrons. The van der Waals surface area contributed by atoms with Gasteiger partial charge in [-0.1, -0.05) is 90.5 Å². The van der Waals surface area contributed by atoms with Crippen molar-refractivity contribution >= 4 is 11.9 Å². The van der Waals surface area contributed by atoms with Crippen LogP contribution in [0.1, 0.15) is 22.3 Å². The first kappa shape index (κ1) is 14.9. The lowest BCUT2D eigenvalue weighted by molar-refractivity contribution is 1.24. The van der Waals surface area contributed by atoms with Crippen molar-refractivity contribution in [2.24, 2.45) is 10.2 Å². The van der Waals surface area contributed by atoms with E-state index in [4.69, 9.17) is 0 Å². The molecule has 0 unspecified atom stereocenters. The molecule has 0 aliphatic rings. The van der Waals surface area contributed by atoms with Gasteiger partial charge in [0.15, 0.2) is 0 Å². The van der Waals surface area contributed by atoms with E-state index in [2.05, 4.69) is 29.3 Å². The van der Waals surface area contributed by atoms with E-state index in [-0.39, 0.29) is 0 Å². The highest BCUT2D eigenvalue weighted by Gasteiger charge is 2.05. The molecule has 0 N–H and O–H groups in total. The second-order valence-corrected chi connectivity index (χ2v) is 5.34. The summed E-state index contributed by atoms with van der Waals surface area (Å²) in [7, 11) is 0. The van der Waals surface area contributed by atoms with Crippen molar-refractivity contribution in [2.75, 3.05) is 0 Å². The van der Waals surface area contributed by atoms with Crippen LogP contribution in [0.25, 0.3) is 0 Å². The van der Waals surface area contributed by atoms with Crippen LogP contribution in [0.3, 0.4) is 0 Å². The van der Waals surface area contributed by atoms with Crippen molar-refractivity contribution < 1.29 is 0 Å². The summed E-state index contributed by atoms with van der Waals surface area (Å²) < 4.78 is 0. The Balaban J connectivity index is 1.95. The lowest BCUT2D eigenvalue weighted by Gasteiger charge is -2.05. The van der Waals surface area contributed by atoms with E-state index in [1.807, 2.05) is 72.8 Å². The highest BCUT2D eigenvalue weighted by atomic mass is 15.2. The van der Waals surface area contributed by atoms with Gasteiger partial charge in [0.05, 0.1) is 6.21 Å². The van der Waals surface area contributed by atoms with Gasteiger partial charge in [0, 0.05) is 11.1 Å². The second kappa shape index (κ2) is 7.32. The normalized spacial score (nSPS) is 10.7. The molecule has 3 rings (SSSR count). The maximum absolute atomic E-state index is 4.48. The monoisotopic (exact) mass is 298 g/mol. The lowest BCUT2D eigenvalue weighted by Crippen LogP contribution is -2.02. The van der Waals surface area contributed by atoms with Crippen LogP contribution in [0.2, 0.25) is 0 Å². The lowest BCUT2D eigenvalue weighted by atomic mass is 10.0. The van der Waals surface area contributed by atoms with E-state index in [1.54, 1.807) is 6.21 Å². The molecule has 0 heterocycles. The third-order valence-electron chi connectivity index (χ3n) is 3.50. The molecule has 0 spiro atoms. The van der Waals surface area contributed by atoms with Crippen LogP contribution < -0.4 is 0 Å². The predicted octanol–water partition coefficient (Wildman–Crippen LogP) is 4.87. The van der Waals surface area contributed by atoms with Gasteiger partial charge in [-0.05, 0) is 12.5 Å². The smallest absolute Gasteiger partial charge is 0.100 e. The van der Waals surface area contributed by atoms with Gasteiger partial charge in [0.1, 0.15) is 5.71 Å². The van der Waals surface area contributed by atoms with E-state index in [0.29, 0.717) is 0 Å². The van der Waals surface area contributed by atoms with Gasteiger partial charge >= 0.3 is 0 Å². The first-order valence-corrected chi connectivity index (χ1v) is 7.61. The van der Waals surface area contributed by atoms with E-state index >= 15 is 0 Å². The minimum Gasteiger partial charge on any atom is -0.158 e. The summed E-state index contributed by atoms with van der Waals surface area (Å²) in [6, 6.07) is 28.5. The highest BCUT2D eigenvalue weighted by Crippen LogP contribution is 2.11. The SMILES string of the molecule is Cc1cccc(C=NN=C(c2ccccc2)c2ccccc2)c1. The Morgan fingerprint density at radius 2 is 1.35 bits per heavy atom. The zero-order chi connectivity index (χ0) is 15.9. The molecular weight excluding hydrogens is 280 g/mol. The topological polar surface area (TPSA) is 24.7 Å². The Morgan fingerprint density at radius 3 is 1.91 bits per heavy atom. The number of benzene rings is 3. The van der Waals surface area contributed by atoms with Crippen LogP contribution in [0, 0.1) is 6.92 Å². The number of nitrogens with zero attached hydrogens (tertiary/aromatic N) is 2. The van der Waals surface area contributed by atoms with Crippen molar-refractivity contribution in [3.05, 3.63) is 107 Å². The Kier molecular flexibility index (Phi) is 4.75. The third-order valence-corrected chi connectivity index (χ3v) is 3.50. The number of hydrogen-bond acceptors (Lipinski definition) is 2. The minimum atomic E-state index is 0.870. The first-order chi connectivity index (χ1) is 11.3. The summed E-state index contributed by atoms with van der Waals surface area (Å²) in [5.74, 6) is 0. The molecule has 3 aromatic carbocycles. The van der Waals surface area contributed by atoms with Gasteiger partial charge in [0.2, 0.25) is 0 Å². The summed E-state index contributed by atoms with van der Waals surface area (Å²) in [5, 5.41) is 8.77. The molecule has 0 amide bonds. The zero-order valence-corrected chi connectivity index (χ0v) is 13.1. The molecule has 0 saturated carbocycles. The van der Waals surface area contributed by atoms with Gasteiger partial charge in [-0.15, -0.1) is 5.10 Å². The molecule has 112 valence electrons. The molecule has 0 aromatic heterocycles. The van der Waals surface area contributed by atoms with Crippen LogP contribution in [0.15, 0.2) is 95.1 Å². The van der Waals surface area contributed by atoms with Gasteiger partial charge in [-0.3, -0.25) is 0 Å². The van der Waals surface area contributed by atoms with E-state index in [1.165, 1.54) is 5.56 Å². The zero-order valence-electron chi connectivity index (χ0n) is 13.1. The molecule has 0 aliphatic heterocycles. The molecule has 0 fully saturated rings. The highest BCUT2D eigenvalue weighted by molar-refractivity contribution is 6.12. The van der Waals surface area contributed by atoms with Gasteiger partial charge < -0.3 is 0 Å². The van der Waals surface area contributed by atoms with Gasteiger partial charge in [-0.2, -0.15) is 5.10 Å². The molecule has 0 atom stereocenters. The molecule has 3 aromatic rings. The summed E-state index contributed by atoms with van der Waals surface area (Å²) in [5.41, 5.74) is 5.24. The van der Waals surface area contributed by atoms with Crippen molar-refractivity contribution in [3.8, 4) is 0 Å². The number of hydrogen-bond donors (Lipinski definition) is 0. The molecule has 0 bridgehead atoms. The minimum absolute atomic E-state index is 0.870. The first-order valence-electron chi connectivity index (χ1n) is 7.61. The second-order valence-electron chi connectivity index (χ2n) is 5.34. The third kappa shape index (κ3) is 4.01. The predicted molar refractivity (Wildman–Crippen MR) is 97.3 cm³/mol. The maximum Gasteiger partial charge on any atom is 0.100 e. The fraction of sp³-hybridized carbons (Fsp3) is 0.0476.